The van der Waals surface area contributed by atoms with Crippen LogP contribution >= 0.6 is 0 Å². The highest BCUT2D eigenvalue weighted by Crippen LogP contribution is 1.94. The standard InChI is InChI=1S/C6H11N2O2/c7-6-3-8(5-9)1-2-10-4-6/h6H,1-4,7H2. The Kier molecular flexibility index (Phi) is 2.65. The molecule has 0 aliphatic carbocycles. The van der Waals surface area contributed by atoms with Gasteiger partial charge in [-0.15, -0.1) is 0 Å². The van der Waals surface area contributed by atoms with Crippen molar-refractivity contribution in [3.05, 3.63) is 0 Å². The third-order valence-electron chi connectivity index (χ3n) is 1.42. The number of hydrogen-bond acceptors (Lipinski definition) is 3. The molecular weight excluding hydrogens is 132 g/mol. The molecule has 0 aromatic heterocycles. The lowest BCUT2D eigenvalue weighted by Gasteiger charge is -2.13. The zero-order valence-corrected chi connectivity index (χ0v) is 5.75. The van der Waals surface area contributed by atoms with Gasteiger partial charge < -0.3 is 15.4 Å². The van der Waals surface area contributed by atoms with Crippen LogP contribution in [0.25, 0.3) is 0 Å². The average Bonchev–Trinajstić information content (AvgIpc) is 2.13. The molecule has 57 valence electrons. The first-order chi connectivity index (χ1) is 4.83. The molecule has 1 rings (SSSR count). The number of rotatable bonds is 1. The molecule has 1 aliphatic rings. The number of hydrogen-bond donors (Lipinski definition) is 1. The zero-order chi connectivity index (χ0) is 7.40. The molecule has 1 aliphatic heterocycles. The van der Waals surface area contributed by atoms with Gasteiger partial charge in [0, 0.05) is 19.1 Å². The van der Waals surface area contributed by atoms with Crippen molar-refractivity contribution < 1.29 is 9.53 Å². The van der Waals surface area contributed by atoms with Crippen LogP contribution in [0.2, 0.25) is 0 Å². The Balaban J connectivity index is 2.37. The fourth-order valence-corrected chi connectivity index (χ4v) is 0.919. The number of nitrogens with two attached hydrogens (primary N) is 1. The van der Waals surface area contributed by atoms with E-state index in [2.05, 4.69) is 0 Å². The molecule has 0 spiro atoms. The number of ether oxygens (including phenoxy) is 1. The van der Waals surface area contributed by atoms with Gasteiger partial charge in [-0.1, -0.05) is 0 Å². The van der Waals surface area contributed by atoms with Crippen molar-refractivity contribution in [2.45, 2.75) is 6.04 Å². The Labute approximate surface area is 59.9 Å². The number of carbonyl (C=O) groups excluding carboxylic acids is 1. The second-order valence-electron chi connectivity index (χ2n) is 2.37. The maximum Gasteiger partial charge on any atom is 0.312 e. The predicted octanol–water partition coefficient (Wildman–Crippen LogP) is -1.29. The summed E-state index contributed by atoms with van der Waals surface area (Å²) in [5.41, 5.74) is 5.56. The van der Waals surface area contributed by atoms with E-state index in [1.807, 2.05) is 0 Å². The quantitative estimate of drug-likeness (QED) is 0.497. The van der Waals surface area contributed by atoms with E-state index in [-0.39, 0.29) is 6.04 Å². The molecule has 1 saturated heterocycles. The normalized spacial score (nSPS) is 27.7. The van der Waals surface area contributed by atoms with Crippen LogP contribution in [-0.4, -0.2) is 43.7 Å². The van der Waals surface area contributed by atoms with Gasteiger partial charge in [-0.05, 0) is 0 Å². The fourth-order valence-electron chi connectivity index (χ4n) is 0.919. The Morgan fingerprint density at radius 2 is 2.50 bits per heavy atom. The molecule has 4 nitrogen and oxygen atoms in total. The van der Waals surface area contributed by atoms with Crippen LogP contribution < -0.4 is 5.73 Å². The van der Waals surface area contributed by atoms with Gasteiger partial charge in [0.25, 0.3) is 0 Å². The van der Waals surface area contributed by atoms with Crippen molar-refractivity contribution in [1.82, 2.24) is 4.90 Å². The van der Waals surface area contributed by atoms with E-state index in [0.29, 0.717) is 26.3 Å². The van der Waals surface area contributed by atoms with Crippen molar-refractivity contribution in [3.63, 3.8) is 0 Å². The minimum absolute atomic E-state index is 0.0519. The summed E-state index contributed by atoms with van der Waals surface area (Å²) in [4.78, 5) is 11.7. The molecule has 1 heterocycles. The van der Waals surface area contributed by atoms with Crippen LogP contribution in [0.5, 0.6) is 0 Å². The predicted molar refractivity (Wildman–Crippen MR) is 36.1 cm³/mol. The molecule has 0 aromatic carbocycles. The Morgan fingerprint density at radius 3 is 3.20 bits per heavy atom. The van der Waals surface area contributed by atoms with Gasteiger partial charge in [-0.25, -0.2) is 0 Å². The SMILES string of the molecule is NC1COCCN([C]=O)C1. The molecule has 1 atom stereocenters. The maximum absolute atomic E-state index is 10.1. The lowest BCUT2D eigenvalue weighted by molar-refractivity contribution is 0.139. The summed E-state index contributed by atoms with van der Waals surface area (Å²) in [5, 5.41) is 0. The molecule has 0 bridgehead atoms. The van der Waals surface area contributed by atoms with Gasteiger partial charge in [0.1, 0.15) is 0 Å². The third-order valence-corrected chi connectivity index (χ3v) is 1.42. The average molecular weight is 143 g/mol. The van der Waals surface area contributed by atoms with Crippen LogP contribution in [0.15, 0.2) is 0 Å². The van der Waals surface area contributed by atoms with Gasteiger partial charge in [0.2, 0.25) is 0 Å². The topological polar surface area (TPSA) is 55.6 Å². The highest BCUT2D eigenvalue weighted by atomic mass is 16.5. The van der Waals surface area contributed by atoms with E-state index in [1.165, 1.54) is 4.90 Å². The zero-order valence-electron chi connectivity index (χ0n) is 5.75. The van der Waals surface area contributed by atoms with Crippen molar-refractivity contribution in [2.24, 2.45) is 5.73 Å². The first-order valence-corrected chi connectivity index (χ1v) is 3.29. The van der Waals surface area contributed by atoms with E-state index >= 15 is 0 Å². The van der Waals surface area contributed by atoms with Crippen molar-refractivity contribution >= 4 is 6.41 Å². The summed E-state index contributed by atoms with van der Waals surface area (Å²) >= 11 is 0. The molecule has 1 amide bonds. The summed E-state index contributed by atoms with van der Waals surface area (Å²) in [7, 11) is 0. The van der Waals surface area contributed by atoms with Crippen LogP contribution in [0.1, 0.15) is 0 Å². The van der Waals surface area contributed by atoms with Gasteiger partial charge in [0.15, 0.2) is 0 Å². The van der Waals surface area contributed by atoms with Gasteiger partial charge in [-0.2, -0.15) is 0 Å². The second-order valence-corrected chi connectivity index (χ2v) is 2.37. The van der Waals surface area contributed by atoms with Crippen molar-refractivity contribution in [1.29, 1.82) is 0 Å². The third kappa shape index (κ3) is 1.97. The van der Waals surface area contributed by atoms with Crippen LogP contribution in [0, 0.1) is 0 Å². The van der Waals surface area contributed by atoms with Crippen LogP contribution in [-0.2, 0) is 9.53 Å². The highest BCUT2D eigenvalue weighted by Gasteiger charge is 2.13. The van der Waals surface area contributed by atoms with E-state index in [0.717, 1.165) is 0 Å². The maximum atomic E-state index is 10.1. The molecule has 10 heavy (non-hydrogen) atoms. The largest absolute Gasteiger partial charge is 0.378 e. The smallest absolute Gasteiger partial charge is 0.312 e. The van der Waals surface area contributed by atoms with Crippen LogP contribution in [0.4, 0.5) is 0 Å². The first kappa shape index (κ1) is 7.50. The number of nitrogens with zero attached hydrogens (tertiary/aromatic N) is 1. The van der Waals surface area contributed by atoms with Crippen molar-refractivity contribution in [2.75, 3.05) is 26.3 Å². The lowest BCUT2D eigenvalue weighted by Crippen LogP contribution is -2.37. The van der Waals surface area contributed by atoms with E-state index in [9.17, 15) is 4.79 Å². The summed E-state index contributed by atoms with van der Waals surface area (Å²) in [6, 6.07) is -0.0519. The fraction of sp³-hybridized carbons (Fsp3) is 0.833. The lowest BCUT2D eigenvalue weighted by atomic mass is 10.3. The van der Waals surface area contributed by atoms with Gasteiger partial charge in [-0.3, -0.25) is 4.79 Å². The van der Waals surface area contributed by atoms with Crippen molar-refractivity contribution in [3.8, 4) is 0 Å². The molecule has 1 fully saturated rings. The molecule has 1 unspecified atom stereocenters. The molecule has 0 aromatic rings. The number of amides is 1. The van der Waals surface area contributed by atoms with E-state index < -0.39 is 0 Å². The molecule has 4 heteroatoms. The van der Waals surface area contributed by atoms with E-state index in [4.69, 9.17) is 10.5 Å². The summed E-state index contributed by atoms with van der Waals surface area (Å²) < 4.78 is 5.09. The molecular formula is C6H11N2O2. The van der Waals surface area contributed by atoms with Gasteiger partial charge >= 0.3 is 6.41 Å². The summed E-state index contributed by atoms with van der Waals surface area (Å²) in [6.45, 7) is 2.28. The second kappa shape index (κ2) is 3.53. The Bertz CT molecular complexity index is 118. The monoisotopic (exact) mass is 143 g/mol. The van der Waals surface area contributed by atoms with E-state index in [1.54, 1.807) is 6.41 Å². The molecule has 1 radical (unpaired) electrons. The molecule has 2 N–H and O–H groups in total. The summed E-state index contributed by atoms with van der Waals surface area (Å²) in [5.74, 6) is 0. The molecule has 0 saturated carbocycles. The Morgan fingerprint density at radius 1 is 1.70 bits per heavy atom. The minimum atomic E-state index is -0.0519. The van der Waals surface area contributed by atoms with Crippen LogP contribution in [0.3, 0.4) is 0 Å². The summed E-state index contributed by atoms with van der Waals surface area (Å²) in [6.07, 6.45) is 1.80. The first-order valence-electron chi connectivity index (χ1n) is 3.29. The highest BCUT2D eigenvalue weighted by molar-refractivity contribution is 5.48. The minimum Gasteiger partial charge on any atom is -0.378 e. The van der Waals surface area contributed by atoms with Gasteiger partial charge in [0.05, 0.1) is 13.2 Å². The Hall–Kier alpha value is -0.610.